The van der Waals surface area contributed by atoms with Crippen molar-refractivity contribution in [3.8, 4) is 5.75 Å². The number of nitro groups is 1. The maximum absolute atomic E-state index is 11.5. The minimum absolute atomic E-state index is 0. The summed E-state index contributed by atoms with van der Waals surface area (Å²) in [5, 5.41) is 21.2. The van der Waals surface area contributed by atoms with Gasteiger partial charge in [0.25, 0.3) is 0 Å². The van der Waals surface area contributed by atoms with Crippen LogP contribution in [0.15, 0.2) is 54.3 Å². The number of nitrogens with zero attached hydrogens (tertiary/aromatic N) is 1. The molecular formula is C18H18KNO6. The van der Waals surface area contributed by atoms with Crippen molar-refractivity contribution in [3.63, 3.8) is 0 Å². The van der Waals surface area contributed by atoms with Crippen molar-refractivity contribution in [1.82, 2.24) is 0 Å². The zero-order valence-electron chi connectivity index (χ0n) is 15.5. The van der Waals surface area contributed by atoms with Gasteiger partial charge >= 0.3 is 63.0 Å². The van der Waals surface area contributed by atoms with E-state index in [1.165, 1.54) is 18.2 Å². The predicted molar refractivity (Wildman–Crippen MR) is 92.2 cm³/mol. The molecule has 0 aliphatic rings. The molecule has 2 aromatic carbocycles. The summed E-state index contributed by atoms with van der Waals surface area (Å²) in [6, 6.07) is 13.6. The Morgan fingerprint density at radius 2 is 1.92 bits per heavy atom. The Bertz CT molecular complexity index is 798. The molecule has 7 nitrogen and oxygen atoms in total. The third-order valence-corrected chi connectivity index (χ3v) is 3.23. The molecule has 0 spiro atoms. The van der Waals surface area contributed by atoms with Crippen molar-refractivity contribution in [2.75, 3.05) is 6.61 Å². The molecule has 1 N–H and O–H groups in total. The van der Waals surface area contributed by atoms with E-state index >= 15 is 0 Å². The second kappa shape index (κ2) is 11.1. The van der Waals surface area contributed by atoms with E-state index in [0.29, 0.717) is 0 Å². The molecule has 0 saturated carbocycles. The summed E-state index contributed by atoms with van der Waals surface area (Å²) in [6.07, 6.45) is 0.992. The smallest absolute Gasteiger partial charge is 1.00 e. The maximum atomic E-state index is 11.5. The number of benzene rings is 2. The number of esters is 1. The van der Waals surface area contributed by atoms with Gasteiger partial charge in [0.05, 0.1) is 17.1 Å². The first kappa shape index (κ1) is 22.3. The largest absolute Gasteiger partial charge is 1.00 e. The fourth-order valence-corrected chi connectivity index (χ4v) is 2.11. The Morgan fingerprint density at radius 1 is 1.23 bits per heavy atom. The summed E-state index contributed by atoms with van der Waals surface area (Å²) in [5.41, 5.74) is 0.558. The van der Waals surface area contributed by atoms with Crippen LogP contribution in [0.25, 0.3) is 6.08 Å². The number of aliphatic hydroxyl groups excluding tert-OH is 1. The fourth-order valence-electron chi connectivity index (χ4n) is 2.11. The van der Waals surface area contributed by atoms with Crippen LogP contribution in [-0.4, -0.2) is 22.6 Å². The quantitative estimate of drug-likeness (QED) is 0.189. The molecule has 0 amide bonds. The van der Waals surface area contributed by atoms with Crippen LogP contribution in [0.4, 0.5) is 5.69 Å². The van der Waals surface area contributed by atoms with E-state index in [1.807, 2.05) is 30.3 Å². The molecule has 0 bridgehead atoms. The molecule has 0 heterocycles. The van der Waals surface area contributed by atoms with Gasteiger partial charge in [-0.2, -0.15) is 0 Å². The van der Waals surface area contributed by atoms with Crippen LogP contribution in [-0.2, 0) is 16.1 Å². The van der Waals surface area contributed by atoms with E-state index in [9.17, 15) is 20.0 Å². The zero-order valence-corrected chi connectivity index (χ0v) is 17.7. The number of carbonyl (C=O) groups excluding carboxylic acids is 1. The molecule has 0 saturated heterocycles. The number of hydrogen-bond donors (Lipinski definition) is 1. The van der Waals surface area contributed by atoms with Crippen molar-refractivity contribution in [3.05, 3.63) is 75.5 Å². The maximum Gasteiger partial charge on any atom is 1.00 e. The van der Waals surface area contributed by atoms with Gasteiger partial charge in [-0.15, -0.1) is 0 Å². The SMILES string of the molecule is CCOC(=O)C(O)=Cc1cccc(OCc2ccccc2)c1[N+](=O)[O-].[H-].[K+]. The first-order chi connectivity index (χ1) is 12.0. The van der Waals surface area contributed by atoms with Crippen molar-refractivity contribution in [2.24, 2.45) is 0 Å². The molecule has 0 fully saturated rings. The van der Waals surface area contributed by atoms with E-state index in [4.69, 9.17) is 4.74 Å². The molecule has 0 aromatic heterocycles. The van der Waals surface area contributed by atoms with Crippen molar-refractivity contribution < 1.29 is 77.1 Å². The van der Waals surface area contributed by atoms with Gasteiger partial charge in [0.15, 0.2) is 5.75 Å². The van der Waals surface area contributed by atoms with Crippen molar-refractivity contribution in [1.29, 1.82) is 0 Å². The standard InChI is InChI=1S/C18H17NO6.K.H/c1-2-24-18(21)15(20)11-14-9-6-10-16(17(14)19(22)23)25-12-13-7-4-3-5-8-13;;/h3-11,20H,2,12H2,1H3;;/q;+1;-1. The van der Waals surface area contributed by atoms with E-state index in [2.05, 4.69) is 4.74 Å². The number of rotatable bonds is 7. The number of para-hydroxylation sites is 1. The second-order valence-electron chi connectivity index (χ2n) is 4.98. The molecule has 26 heavy (non-hydrogen) atoms. The van der Waals surface area contributed by atoms with Gasteiger partial charge in [0.2, 0.25) is 5.76 Å². The second-order valence-corrected chi connectivity index (χ2v) is 4.98. The molecule has 132 valence electrons. The van der Waals surface area contributed by atoms with E-state index in [-0.39, 0.29) is 83.0 Å². The average molecular weight is 383 g/mol. The van der Waals surface area contributed by atoms with Gasteiger partial charge in [-0.05, 0) is 24.6 Å². The van der Waals surface area contributed by atoms with Gasteiger partial charge in [-0.25, -0.2) is 4.79 Å². The molecule has 0 aliphatic heterocycles. The number of ether oxygens (including phenoxy) is 2. The van der Waals surface area contributed by atoms with Crippen LogP contribution in [0, 0.1) is 10.1 Å². The van der Waals surface area contributed by atoms with E-state index in [1.54, 1.807) is 6.92 Å². The Labute approximate surface area is 194 Å². The average Bonchev–Trinajstić information content (AvgIpc) is 2.60. The summed E-state index contributed by atoms with van der Waals surface area (Å²) in [6.45, 7) is 1.82. The molecule has 0 radical (unpaired) electrons. The summed E-state index contributed by atoms with van der Waals surface area (Å²) >= 11 is 0. The van der Waals surface area contributed by atoms with E-state index in [0.717, 1.165) is 11.6 Å². The van der Waals surface area contributed by atoms with Crippen LogP contribution < -0.4 is 56.1 Å². The van der Waals surface area contributed by atoms with Crippen LogP contribution >= 0.6 is 0 Å². The fraction of sp³-hybridized carbons (Fsp3) is 0.167. The Kier molecular flexibility index (Phi) is 9.53. The van der Waals surface area contributed by atoms with Gasteiger partial charge in [-0.1, -0.05) is 36.4 Å². The molecule has 0 atom stereocenters. The monoisotopic (exact) mass is 383 g/mol. The third kappa shape index (κ3) is 6.22. The first-order valence-corrected chi connectivity index (χ1v) is 7.54. The molecule has 8 heteroatoms. The van der Waals surface area contributed by atoms with E-state index < -0.39 is 16.7 Å². The van der Waals surface area contributed by atoms with Gasteiger partial charge in [0, 0.05) is 6.08 Å². The minimum Gasteiger partial charge on any atom is -1.00 e. The molecule has 0 aliphatic carbocycles. The molecule has 0 unspecified atom stereocenters. The van der Waals surface area contributed by atoms with Crippen LogP contribution in [0.2, 0.25) is 0 Å². The normalized spacial score (nSPS) is 10.6. The topological polar surface area (TPSA) is 98.9 Å². The number of carbonyl (C=O) groups is 1. The number of nitro benzene ring substituents is 1. The summed E-state index contributed by atoms with van der Waals surface area (Å²) in [4.78, 5) is 22.3. The zero-order chi connectivity index (χ0) is 18.2. The van der Waals surface area contributed by atoms with Crippen LogP contribution in [0.5, 0.6) is 5.75 Å². The van der Waals surface area contributed by atoms with Crippen molar-refractivity contribution in [2.45, 2.75) is 13.5 Å². The number of aliphatic hydroxyl groups is 1. The Hall–Kier alpha value is -1.71. The van der Waals surface area contributed by atoms with Gasteiger partial charge < -0.3 is 16.0 Å². The van der Waals surface area contributed by atoms with Crippen LogP contribution in [0.1, 0.15) is 19.5 Å². The predicted octanol–water partition coefficient (Wildman–Crippen LogP) is 0.752. The third-order valence-electron chi connectivity index (χ3n) is 3.23. The summed E-state index contributed by atoms with van der Waals surface area (Å²) < 4.78 is 10.2. The minimum atomic E-state index is -0.951. The summed E-state index contributed by atoms with van der Waals surface area (Å²) in [5.74, 6) is -1.63. The Morgan fingerprint density at radius 3 is 2.54 bits per heavy atom. The van der Waals surface area contributed by atoms with Gasteiger partial charge in [0.1, 0.15) is 6.61 Å². The summed E-state index contributed by atoms with van der Waals surface area (Å²) in [7, 11) is 0. The Balaban J connectivity index is 0.00000338. The molecule has 2 rings (SSSR count). The van der Waals surface area contributed by atoms with Crippen molar-refractivity contribution >= 4 is 17.7 Å². The molecular weight excluding hydrogens is 365 g/mol. The van der Waals surface area contributed by atoms with Crippen LogP contribution in [0.3, 0.4) is 0 Å². The van der Waals surface area contributed by atoms with Gasteiger partial charge in [-0.3, -0.25) is 10.1 Å². The number of hydrogen-bond acceptors (Lipinski definition) is 6. The molecule has 2 aromatic rings. The first-order valence-electron chi connectivity index (χ1n) is 7.54.